The first kappa shape index (κ1) is 15.0. The Labute approximate surface area is 107 Å². The number of nitrogens with one attached hydrogen (secondary N) is 1. The molecule has 1 aromatic rings. The fraction of sp³-hybridized carbons (Fsp3) is 0.333. The Kier molecular flexibility index (Phi) is 4.52. The molecule has 0 fully saturated rings. The van der Waals surface area contributed by atoms with Gasteiger partial charge in [-0.3, -0.25) is 4.79 Å². The summed E-state index contributed by atoms with van der Waals surface area (Å²) in [6.45, 7) is 1.01. The fourth-order valence-corrected chi connectivity index (χ4v) is 1.70. The molecular weight excluding hydrogens is 263 g/mol. The summed E-state index contributed by atoms with van der Waals surface area (Å²) >= 11 is 0. The number of carboxylic acid groups (broad SMARTS) is 1. The average Bonchev–Trinajstić information content (AvgIpc) is 2.26. The van der Waals surface area contributed by atoms with Crippen molar-refractivity contribution in [2.24, 2.45) is 5.92 Å². The van der Waals surface area contributed by atoms with Crippen LogP contribution in [0.2, 0.25) is 0 Å². The monoisotopic (exact) mass is 274 g/mol. The Hall–Kier alpha value is -2.05. The number of rotatable bonds is 4. The van der Waals surface area contributed by atoms with Crippen molar-refractivity contribution in [3.05, 3.63) is 35.9 Å². The van der Waals surface area contributed by atoms with Gasteiger partial charge in [-0.2, -0.15) is 13.2 Å². The van der Waals surface area contributed by atoms with Crippen molar-refractivity contribution in [1.29, 1.82) is 0 Å². The number of carboxylic acids is 1. The molecule has 0 bridgehead atoms. The van der Waals surface area contributed by atoms with Crippen molar-refractivity contribution >= 4 is 11.9 Å². The van der Waals surface area contributed by atoms with Gasteiger partial charge >= 0.3 is 6.18 Å². The van der Waals surface area contributed by atoms with Crippen LogP contribution in [-0.4, -0.2) is 18.1 Å². The minimum atomic E-state index is -5.03. The smallest absolute Gasteiger partial charge is 0.399 e. The fourth-order valence-electron chi connectivity index (χ4n) is 1.70. The lowest BCUT2D eigenvalue weighted by Gasteiger charge is -2.30. The van der Waals surface area contributed by atoms with Gasteiger partial charge in [0.15, 0.2) is 0 Å². The lowest BCUT2D eigenvalue weighted by atomic mass is 9.92. The van der Waals surface area contributed by atoms with Crippen molar-refractivity contribution in [3.8, 4) is 0 Å². The van der Waals surface area contributed by atoms with Crippen LogP contribution >= 0.6 is 0 Å². The highest BCUT2D eigenvalue weighted by Gasteiger charge is 2.46. The van der Waals surface area contributed by atoms with Gasteiger partial charge < -0.3 is 15.2 Å². The van der Waals surface area contributed by atoms with Gasteiger partial charge in [-0.1, -0.05) is 30.3 Å². The van der Waals surface area contributed by atoms with Crippen molar-refractivity contribution in [2.75, 3.05) is 0 Å². The molecule has 4 nitrogen and oxygen atoms in total. The van der Waals surface area contributed by atoms with Gasteiger partial charge in [-0.15, -0.1) is 0 Å². The number of carbonyl (C=O) groups excluding carboxylic acids is 2. The Morgan fingerprint density at radius 2 is 1.74 bits per heavy atom. The van der Waals surface area contributed by atoms with E-state index in [4.69, 9.17) is 0 Å². The van der Waals surface area contributed by atoms with Crippen molar-refractivity contribution in [1.82, 2.24) is 5.32 Å². The summed E-state index contributed by atoms with van der Waals surface area (Å²) in [4.78, 5) is 21.7. The highest BCUT2D eigenvalue weighted by molar-refractivity contribution is 5.76. The maximum Gasteiger partial charge on any atom is 0.399 e. The molecule has 0 aromatic heterocycles. The topological polar surface area (TPSA) is 69.2 Å². The Morgan fingerprint density at radius 1 is 1.21 bits per heavy atom. The van der Waals surface area contributed by atoms with Crippen LogP contribution in [0.5, 0.6) is 0 Å². The standard InChI is InChI=1S/C12H12F3NO3/c1-7(17)16-10(8-5-3-2-4-6-8)9(11(18)19)12(13,14)15/h2-6,9-10H,1H3,(H,16,17)(H,18,19)/p-1. The molecule has 0 saturated heterocycles. The van der Waals surface area contributed by atoms with E-state index in [-0.39, 0.29) is 5.56 Å². The zero-order chi connectivity index (χ0) is 14.6. The third-order valence-electron chi connectivity index (χ3n) is 2.46. The molecule has 0 heterocycles. The number of hydrogen-bond acceptors (Lipinski definition) is 3. The second kappa shape index (κ2) is 5.73. The molecule has 0 aliphatic rings. The van der Waals surface area contributed by atoms with Crippen molar-refractivity contribution in [3.63, 3.8) is 0 Å². The second-order valence-electron chi connectivity index (χ2n) is 3.93. The van der Waals surface area contributed by atoms with Crippen LogP contribution in [-0.2, 0) is 9.59 Å². The van der Waals surface area contributed by atoms with E-state index in [0.29, 0.717) is 0 Å². The molecular formula is C12H11F3NO3-. The molecule has 104 valence electrons. The Balaban J connectivity index is 3.22. The van der Waals surface area contributed by atoms with Gasteiger partial charge in [-0.05, 0) is 5.56 Å². The minimum Gasteiger partial charge on any atom is -0.549 e. The lowest BCUT2D eigenvalue weighted by molar-refractivity contribution is -0.328. The quantitative estimate of drug-likeness (QED) is 0.882. The van der Waals surface area contributed by atoms with E-state index in [1.807, 2.05) is 5.32 Å². The van der Waals surface area contributed by atoms with E-state index in [2.05, 4.69) is 0 Å². The summed E-state index contributed by atoms with van der Waals surface area (Å²) in [5.74, 6) is -5.85. The number of aliphatic carboxylic acids is 1. The van der Waals surface area contributed by atoms with Gasteiger partial charge in [0.1, 0.15) is 5.92 Å². The highest BCUT2D eigenvalue weighted by Crippen LogP contribution is 2.35. The normalized spacial score (nSPS) is 14.5. The molecule has 1 aromatic carbocycles. The number of halogens is 3. The summed E-state index contributed by atoms with van der Waals surface area (Å²) < 4.78 is 38.4. The van der Waals surface area contributed by atoms with Crippen LogP contribution in [0.15, 0.2) is 30.3 Å². The number of alkyl halides is 3. The lowest BCUT2D eigenvalue weighted by Crippen LogP contribution is -2.48. The number of carbonyl (C=O) groups is 2. The molecule has 7 heteroatoms. The summed E-state index contributed by atoms with van der Waals surface area (Å²) in [6.07, 6.45) is -5.03. The van der Waals surface area contributed by atoms with Crippen LogP contribution in [0.4, 0.5) is 13.2 Å². The summed E-state index contributed by atoms with van der Waals surface area (Å²) in [6, 6.07) is 5.36. The zero-order valence-corrected chi connectivity index (χ0v) is 9.90. The molecule has 0 radical (unpaired) electrons. The Morgan fingerprint density at radius 3 is 2.11 bits per heavy atom. The summed E-state index contributed by atoms with van der Waals surface area (Å²) in [7, 11) is 0. The second-order valence-corrected chi connectivity index (χ2v) is 3.93. The van der Waals surface area contributed by atoms with Gasteiger partial charge in [0.25, 0.3) is 0 Å². The molecule has 1 rings (SSSR count). The molecule has 0 spiro atoms. The first-order chi connectivity index (χ1) is 8.73. The minimum absolute atomic E-state index is 0.0456. The van der Waals surface area contributed by atoms with Crippen LogP contribution < -0.4 is 10.4 Å². The van der Waals surface area contributed by atoms with Crippen LogP contribution in [0, 0.1) is 5.92 Å². The van der Waals surface area contributed by atoms with Crippen molar-refractivity contribution in [2.45, 2.75) is 19.1 Å². The van der Waals surface area contributed by atoms with Gasteiger partial charge in [-0.25, -0.2) is 0 Å². The molecule has 2 atom stereocenters. The Bertz CT molecular complexity index is 459. The predicted octanol–water partition coefficient (Wildman–Crippen LogP) is 0.792. The van der Waals surface area contributed by atoms with Crippen LogP contribution in [0.25, 0.3) is 0 Å². The molecule has 0 aliphatic carbocycles. The van der Waals surface area contributed by atoms with Gasteiger partial charge in [0, 0.05) is 6.92 Å². The average molecular weight is 274 g/mol. The van der Waals surface area contributed by atoms with E-state index in [0.717, 1.165) is 6.92 Å². The number of hydrogen-bond donors (Lipinski definition) is 1. The number of amides is 1. The third kappa shape index (κ3) is 3.97. The first-order valence-electron chi connectivity index (χ1n) is 5.33. The van der Waals surface area contributed by atoms with E-state index in [9.17, 15) is 27.9 Å². The molecule has 1 N–H and O–H groups in total. The highest BCUT2D eigenvalue weighted by atomic mass is 19.4. The van der Waals surface area contributed by atoms with Crippen LogP contribution in [0.1, 0.15) is 18.5 Å². The molecule has 1 amide bonds. The predicted molar refractivity (Wildman–Crippen MR) is 57.6 cm³/mol. The van der Waals surface area contributed by atoms with E-state index in [1.54, 1.807) is 6.07 Å². The molecule has 0 saturated carbocycles. The molecule has 0 aliphatic heterocycles. The van der Waals surface area contributed by atoms with E-state index < -0.39 is 30.0 Å². The maximum atomic E-state index is 12.8. The summed E-state index contributed by atoms with van der Waals surface area (Å²) in [5, 5.41) is 12.8. The van der Waals surface area contributed by atoms with E-state index in [1.165, 1.54) is 24.3 Å². The van der Waals surface area contributed by atoms with Gasteiger partial charge in [0.2, 0.25) is 5.91 Å². The van der Waals surface area contributed by atoms with Crippen molar-refractivity contribution < 1.29 is 27.9 Å². The molecule has 2 unspecified atom stereocenters. The maximum absolute atomic E-state index is 12.8. The van der Waals surface area contributed by atoms with Crippen LogP contribution in [0.3, 0.4) is 0 Å². The SMILES string of the molecule is CC(=O)NC(c1ccccc1)C(C(=O)[O-])C(F)(F)F. The first-order valence-corrected chi connectivity index (χ1v) is 5.33. The number of benzene rings is 1. The summed E-state index contributed by atoms with van der Waals surface area (Å²) in [5.41, 5.74) is 0.0456. The zero-order valence-electron chi connectivity index (χ0n) is 9.90. The van der Waals surface area contributed by atoms with Gasteiger partial charge in [0.05, 0.1) is 12.0 Å². The largest absolute Gasteiger partial charge is 0.549 e. The third-order valence-corrected chi connectivity index (χ3v) is 2.46. The molecule has 19 heavy (non-hydrogen) atoms. The van der Waals surface area contributed by atoms with E-state index >= 15 is 0 Å².